The van der Waals surface area contributed by atoms with E-state index in [1.54, 1.807) is 23.5 Å². The van der Waals surface area contributed by atoms with Crippen molar-refractivity contribution < 1.29 is 33.8 Å². The number of fused-ring (bicyclic) bond motifs is 2. The predicted octanol–water partition coefficient (Wildman–Crippen LogP) is 8.31. The number of phenols is 1. The Hall–Kier alpha value is -7.66. The van der Waals surface area contributed by atoms with Gasteiger partial charge in [-0.3, -0.25) is 14.5 Å². The van der Waals surface area contributed by atoms with Gasteiger partial charge in [-0.25, -0.2) is 15.0 Å². The number of carbonyl (C=O) groups is 2. The molecule has 1 aliphatic carbocycles. The third-order valence-corrected chi connectivity index (χ3v) is 19.7. The number of β-amino-alcohol motifs (C(OH)–C–C–N with tert-alkyl or cyclic N) is 1. The molecule has 5 aliphatic heterocycles. The maximum absolute atomic E-state index is 14.4. The number of nitrogens with zero attached hydrogens (tertiary/aromatic N) is 12. The topological polar surface area (TPSA) is 243 Å². The van der Waals surface area contributed by atoms with Crippen molar-refractivity contribution in [2.24, 2.45) is 5.92 Å². The van der Waals surface area contributed by atoms with Gasteiger partial charge in [-0.05, 0) is 93.7 Å². The molecule has 2 bridgehead atoms. The number of imidazole rings is 1. The number of phenolic OH excluding ortho intramolecular Hbond substituents is 1. The first-order chi connectivity index (χ1) is 41.7. The lowest BCUT2D eigenvalue weighted by molar-refractivity contribution is -0.141. The van der Waals surface area contributed by atoms with Crippen molar-refractivity contribution >= 4 is 46.2 Å². The van der Waals surface area contributed by atoms with Crippen LogP contribution in [-0.2, 0) is 20.9 Å². The summed E-state index contributed by atoms with van der Waals surface area (Å²) in [6.07, 6.45) is 13.6. The van der Waals surface area contributed by atoms with E-state index in [4.69, 9.17) is 24.7 Å². The fourth-order valence-electron chi connectivity index (χ4n) is 14.0. The minimum Gasteiger partial charge on any atom is -0.507 e. The average molecular weight is 1190 g/mol. The number of aliphatic hydroxyl groups excluding tert-OH is 1. The maximum atomic E-state index is 14.4. The lowest BCUT2D eigenvalue weighted by Crippen LogP contribution is -2.54. The highest BCUT2D eigenvalue weighted by Crippen LogP contribution is 2.41. The number of ether oxygens (including phenoxy) is 2. The summed E-state index contributed by atoms with van der Waals surface area (Å²) < 4.78 is 21.3. The summed E-state index contributed by atoms with van der Waals surface area (Å²) in [5.74, 6) is 1.01. The zero-order chi connectivity index (χ0) is 59.2. The molecule has 10 heterocycles. The molecule has 5 N–H and O–H groups in total. The maximum Gasteiger partial charge on any atom is 0.243 e. The largest absolute Gasteiger partial charge is 0.507 e. The summed E-state index contributed by atoms with van der Waals surface area (Å²) in [7, 11) is 0. The number of piperidine rings is 2. The zero-order valence-corrected chi connectivity index (χ0v) is 50.2. The van der Waals surface area contributed by atoms with Gasteiger partial charge in [-0.2, -0.15) is 0 Å². The SMILES string of the molecule is Cc1ncsc1-c1ccc([C@H](C)NC(=O)[C@@H]2C[C@@H](O)CN2C(=O)[C@H](c2cc(N3CCC(n4cnc(CN5CCC(O[C@H]6C[C@H](Oc7cc(N8C9CCC8CN(c8cc(-c%10ccccc%10O)nnc8N)C9)ccn7)C6)CC5)c4)CC3)no2)C(C)C)cc1. The van der Waals surface area contributed by atoms with E-state index in [2.05, 4.69) is 73.1 Å². The number of para-hydroxylation sites is 1. The first-order valence-corrected chi connectivity index (χ1v) is 31.6. The number of pyridine rings is 1. The average Bonchev–Trinajstić information content (AvgIpc) is 3.68. The molecule has 6 aliphatic rings. The number of thiazole rings is 1. The fraction of sp³-hybridized carbons (Fsp3) is 0.500. The Kier molecular flexibility index (Phi) is 16.4. The quantitative estimate of drug-likeness (QED) is 0.0631. The van der Waals surface area contributed by atoms with Crippen LogP contribution >= 0.6 is 11.3 Å². The van der Waals surface area contributed by atoms with Crippen LogP contribution in [0.1, 0.15) is 119 Å². The number of aromatic nitrogens is 7. The van der Waals surface area contributed by atoms with Crippen molar-refractivity contribution in [1.82, 2.24) is 50.0 Å². The molecule has 0 radical (unpaired) electrons. The summed E-state index contributed by atoms with van der Waals surface area (Å²) in [5, 5.41) is 37.5. The number of nitrogen functional groups attached to an aromatic ring is 1. The molecule has 22 heteroatoms. The van der Waals surface area contributed by atoms with Gasteiger partial charge < -0.3 is 59.4 Å². The van der Waals surface area contributed by atoms with Crippen LogP contribution in [0.3, 0.4) is 0 Å². The minimum atomic E-state index is -0.813. The van der Waals surface area contributed by atoms with Crippen LogP contribution in [0.2, 0.25) is 0 Å². The lowest BCUT2D eigenvalue weighted by Gasteiger charge is -2.43. The minimum absolute atomic E-state index is 0.0737. The molecular weight excluding hydrogens is 1110 g/mol. The molecule has 0 spiro atoms. The highest BCUT2D eigenvalue weighted by atomic mass is 32.1. The molecule has 13 rings (SSSR count). The zero-order valence-electron chi connectivity index (χ0n) is 49.4. The highest BCUT2D eigenvalue weighted by Gasteiger charge is 2.45. The van der Waals surface area contributed by atoms with Crippen LogP contribution in [0.5, 0.6) is 11.6 Å². The third kappa shape index (κ3) is 12.1. The standard InChI is InChI=1S/C64H78N14O7S/c1-38(2)60(64(82)77-35-48(79)26-55(77)63(81)69-39(3)41-9-11-42(12-10-41)61-40(4)68-37-86-61)57-30-58(72-85-57)74-23-16-44(17-24-74)76-32-43(67-36-76)31-73-21-18-49(19-22-73)83-50-27-51(28-50)84-59-25-45(15-20-66-59)78-46-13-14-47(78)34-75(33-46)54-29-53(70-71-62(54)65)52-7-5-6-8-56(52)80/h5-12,15,20,25,29-30,32,36-39,44,46-51,55,60,79-80H,13-14,16-19,21-24,26-28,31,33-35H2,1-4H3,(H2,65,71)(H,69,81)/t39-,46?,47?,48+,50-,51-,55-,60-/m0/s1. The van der Waals surface area contributed by atoms with Crippen LogP contribution in [0.15, 0.2) is 102 Å². The summed E-state index contributed by atoms with van der Waals surface area (Å²) >= 11 is 1.60. The van der Waals surface area contributed by atoms with Crippen molar-refractivity contribution in [2.75, 3.05) is 66.2 Å². The second-order valence-electron chi connectivity index (χ2n) is 24.9. The Bertz CT molecular complexity index is 3480. The van der Waals surface area contributed by atoms with E-state index in [9.17, 15) is 19.8 Å². The van der Waals surface area contributed by atoms with Crippen molar-refractivity contribution in [3.8, 4) is 33.3 Å². The molecule has 5 saturated heterocycles. The summed E-state index contributed by atoms with van der Waals surface area (Å²) in [6.45, 7) is 13.8. The third-order valence-electron chi connectivity index (χ3n) is 18.7. The van der Waals surface area contributed by atoms with Gasteiger partial charge in [-0.1, -0.05) is 55.4 Å². The monoisotopic (exact) mass is 1190 g/mol. The molecule has 86 heavy (non-hydrogen) atoms. The Morgan fingerprint density at radius 3 is 2.33 bits per heavy atom. The smallest absolute Gasteiger partial charge is 0.243 e. The van der Waals surface area contributed by atoms with Gasteiger partial charge in [0.25, 0.3) is 0 Å². The molecule has 2 amide bonds. The lowest BCUT2D eigenvalue weighted by atomic mass is 9.91. The van der Waals surface area contributed by atoms with E-state index < -0.39 is 18.1 Å². The highest BCUT2D eigenvalue weighted by molar-refractivity contribution is 7.13. The van der Waals surface area contributed by atoms with Gasteiger partial charge in [-0.15, -0.1) is 21.5 Å². The summed E-state index contributed by atoms with van der Waals surface area (Å²) in [6, 6.07) is 23.1. The number of hydrogen-bond acceptors (Lipinski definition) is 19. The molecule has 2 unspecified atom stereocenters. The number of piperazine rings is 1. The number of aryl methyl sites for hydroxylation is 1. The van der Waals surface area contributed by atoms with E-state index >= 15 is 0 Å². The number of anilines is 4. The Morgan fingerprint density at radius 1 is 0.826 bits per heavy atom. The van der Waals surface area contributed by atoms with E-state index in [-0.39, 0.29) is 60.8 Å². The number of rotatable bonds is 18. The molecule has 21 nitrogen and oxygen atoms in total. The van der Waals surface area contributed by atoms with Crippen LogP contribution in [0, 0.1) is 12.8 Å². The van der Waals surface area contributed by atoms with Crippen LogP contribution in [0.25, 0.3) is 21.7 Å². The number of nitrogens with one attached hydrogen (secondary N) is 1. The van der Waals surface area contributed by atoms with Gasteiger partial charge in [0.2, 0.25) is 17.7 Å². The second kappa shape index (κ2) is 24.6. The van der Waals surface area contributed by atoms with Crippen LogP contribution in [-0.4, -0.2) is 155 Å². The van der Waals surface area contributed by atoms with E-state index in [0.717, 1.165) is 136 Å². The Labute approximate surface area is 505 Å². The number of aromatic hydroxyl groups is 1. The fourth-order valence-corrected chi connectivity index (χ4v) is 14.8. The van der Waals surface area contributed by atoms with E-state index in [1.807, 2.05) is 94.3 Å². The first-order valence-electron chi connectivity index (χ1n) is 30.7. The van der Waals surface area contributed by atoms with Crippen LogP contribution in [0.4, 0.5) is 23.0 Å². The molecule has 5 aromatic heterocycles. The van der Waals surface area contributed by atoms with Gasteiger partial charge >= 0.3 is 0 Å². The van der Waals surface area contributed by atoms with Crippen LogP contribution < -0.4 is 30.5 Å². The molecule has 6 atom stereocenters. The normalized spacial score (nSPS) is 23.7. The number of aliphatic hydroxyl groups is 1. The summed E-state index contributed by atoms with van der Waals surface area (Å²) in [4.78, 5) is 54.3. The van der Waals surface area contributed by atoms with Gasteiger partial charge in [0, 0.05) is 126 Å². The number of hydrogen-bond donors (Lipinski definition) is 4. The molecule has 2 aromatic carbocycles. The number of benzene rings is 2. The van der Waals surface area contributed by atoms with E-state index in [1.165, 1.54) is 4.90 Å². The van der Waals surface area contributed by atoms with Crippen molar-refractivity contribution in [2.45, 2.75) is 153 Å². The molecule has 452 valence electrons. The second-order valence-corrected chi connectivity index (χ2v) is 25.7. The number of amides is 2. The molecule has 7 aromatic rings. The first kappa shape index (κ1) is 57.4. The van der Waals surface area contributed by atoms with E-state index in [0.29, 0.717) is 52.7 Å². The summed E-state index contributed by atoms with van der Waals surface area (Å²) in [5.41, 5.74) is 15.5. The van der Waals surface area contributed by atoms with Gasteiger partial charge in [0.05, 0.1) is 63.8 Å². The van der Waals surface area contributed by atoms with Crippen molar-refractivity contribution in [3.05, 3.63) is 120 Å². The van der Waals surface area contributed by atoms with Crippen molar-refractivity contribution in [1.29, 1.82) is 0 Å². The Balaban J connectivity index is 0.534. The molecular formula is C64H78N14O7S. The van der Waals surface area contributed by atoms with Gasteiger partial charge in [0.1, 0.15) is 23.8 Å². The molecule has 1 saturated carbocycles. The number of likely N-dealkylation sites (tertiary alicyclic amines) is 2. The number of nitrogens with two attached hydrogens (primary N) is 1. The number of carbonyl (C=O) groups excluding carboxylic acids is 2. The predicted molar refractivity (Wildman–Crippen MR) is 328 cm³/mol. The van der Waals surface area contributed by atoms with Crippen molar-refractivity contribution in [3.63, 3.8) is 0 Å². The Morgan fingerprint density at radius 2 is 1.59 bits per heavy atom. The van der Waals surface area contributed by atoms with Gasteiger partial charge in [0.15, 0.2) is 17.4 Å². The molecule has 6 fully saturated rings.